The fraction of sp³-hybridized carbons (Fsp3) is 0.455. The molecule has 20 heavy (non-hydrogen) atoms. The zero-order valence-electron chi connectivity index (χ0n) is 10.9. The number of ether oxygens (including phenoxy) is 1. The summed E-state index contributed by atoms with van der Waals surface area (Å²) in [4.78, 5) is 23.6. The standard InChI is InChI=1S/C11H16BrClN2O3S2/c1-3-8(12)9(20-11(17)18-2)4-6-15(14)10(16)19-7-5-13/h3H,1,4-7,14H2,2H3/b9-8+. The Labute approximate surface area is 140 Å². The first kappa shape index (κ1) is 19.9. The molecule has 0 aromatic carbocycles. The molecule has 0 atom stereocenters. The van der Waals surface area contributed by atoms with Crippen molar-refractivity contribution in [3.63, 3.8) is 0 Å². The van der Waals surface area contributed by atoms with E-state index in [9.17, 15) is 9.59 Å². The summed E-state index contributed by atoms with van der Waals surface area (Å²) in [7, 11) is 1.30. The molecule has 0 aliphatic rings. The Bertz CT molecular complexity index is 394. The van der Waals surface area contributed by atoms with E-state index in [1.54, 1.807) is 6.08 Å². The first-order valence-electron chi connectivity index (χ1n) is 5.48. The third-order valence-electron chi connectivity index (χ3n) is 1.94. The SMILES string of the molecule is C=C/C(Br)=C(/CCN(N)C(=O)SCCCl)SC(=O)OC. The van der Waals surface area contributed by atoms with E-state index in [-0.39, 0.29) is 11.8 Å². The molecule has 114 valence electrons. The maximum absolute atomic E-state index is 11.6. The van der Waals surface area contributed by atoms with Crippen LogP contribution in [0.25, 0.3) is 0 Å². The second-order valence-electron chi connectivity index (χ2n) is 3.28. The summed E-state index contributed by atoms with van der Waals surface area (Å²) in [5, 5.41) is 0.395. The highest BCUT2D eigenvalue weighted by Gasteiger charge is 2.14. The minimum Gasteiger partial charge on any atom is -0.461 e. The average Bonchev–Trinajstić information content (AvgIpc) is 2.47. The number of alkyl halides is 1. The van der Waals surface area contributed by atoms with E-state index in [4.69, 9.17) is 17.4 Å². The van der Waals surface area contributed by atoms with Gasteiger partial charge in [0.15, 0.2) is 0 Å². The maximum Gasteiger partial charge on any atom is 0.371 e. The molecule has 0 aliphatic heterocycles. The van der Waals surface area contributed by atoms with Crippen LogP contribution in [-0.4, -0.2) is 40.8 Å². The van der Waals surface area contributed by atoms with Gasteiger partial charge in [-0.05, 0) is 34.1 Å². The number of carbonyl (C=O) groups excluding carboxylic acids is 2. The van der Waals surface area contributed by atoms with E-state index >= 15 is 0 Å². The summed E-state index contributed by atoms with van der Waals surface area (Å²) in [6.45, 7) is 3.89. The Hall–Kier alpha value is -0.150. The average molecular weight is 404 g/mol. The number of nitrogens with two attached hydrogens (primary N) is 1. The number of hydrogen-bond acceptors (Lipinski definition) is 6. The van der Waals surface area contributed by atoms with E-state index in [2.05, 4.69) is 27.2 Å². The number of hydrogen-bond donors (Lipinski definition) is 1. The van der Waals surface area contributed by atoms with Gasteiger partial charge in [0.1, 0.15) is 0 Å². The lowest BCUT2D eigenvalue weighted by Gasteiger charge is -2.16. The van der Waals surface area contributed by atoms with Gasteiger partial charge in [-0.1, -0.05) is 24.4 Å². The maximum atomic E-state index is 11.6. The number of methoxy groups -OCH3 is 1. The van der Waals surface area contributed by atoms with Crippen LogP contribution in [0.5, 0.6) is 0 Å². The van der Waals surface area contributed by atoms with Crippen molar-refractivity contribution in [2.75, 3.05) is 25.3 Å². The van der Waals surface area contributed by atoms with Crippen LogP contribution < -0.4 is 5.84 Å². The normalized spacial score (nSPS) is 11.6. The molecule has 0 rings (SSSR count). The van der Waals surface area contributed by atoms with Gasteiger partial charge in [-0.2, -0.15) is 0 Å². The van der Waals surface area contributed by atoms with Crippen molar-refractivity contribution in [1.82, 2.24) is 5.01 Å². The molecule has 1 amide bonds. The van der Waals surface area contributed by atoms with Crippen LogP contribution in [0, 0.1) is 0 Å². The van der Waals surface area contributed by atoms with Crippen molar-refractivity contribution >= 4 is 61.6 Å². The monoisotopic (exact) mass is 402 g/mol. The molecular formula is C11H16BrClN2O3S2. The topological polar surface area (TPSA) is 72.6 Å². The smallest absolute Gasteiger partial charge is 0.371 e. The first-order chi connectivity index (χ1) is 9.46. The summed E-state index contributed by atoms with van der Waals surface area (Å²) in [6.07, 6.45) is 1.98. The van der Waals surface area contributed by atoms with Crippen LogP contribution in [0.2, 0.25) is 0 Å². The lowest BCUT2D eigenvalue weighted by Crippen LogP contribution is -2.35. The molecule has 0 aromatic heterocycles. The Morgan fingerprint density at radius 2 is 2.20 bits per heavy atom. The number of thioether (sulfide) groups is 2. The highest BCUT2D eigenvalue weighted by molar-refractivity contribution is 9.12. The van der Waals surface area contributed by atoms with E-state index in [0.717, 1.165) is 28.5 Å². The van der Waals surface area contributed by atoms with Crippen molar-refractivity contribution in [2.45, 2.75) is 6.42 Å². The lowest BCUT2D eigenvalue weighted by atomic mass is 10.3. The van der Waals surface area contributed by atoms with Crippen LogP contribution in [0.15, 0.2) is 22.0 Å². The largest absolute Gasteiger partial charge is 0.461 e. The number of carbonyl (C=O) groups is 2. The minimum absolute atomic E-state index is 0.261. The van der Waals surface area contributed by atoms with Crippen molar-refractivity contribution in [3.8, 4) is 0 Å². The van der Waals surface area contributed by atoms with Gasteiger partial charge < -0.3 is 4.74 Å². The Balaban J connectivity index is 4.51. The number of rotatable bonds is 7. The molecule has 0 fully saturated rings. The second kappa shape index (κ2) is 11.5. The third-order valence-corrected chi connectivity index (χ3v) is 5.31. The van der Waals surface area contributed by atoms with Crippen molar-refractivity contribution in [3.05, 3.63) is 22.0 Å². The van der Waals surface area contributed by atoms with Gasteiger partial charge in [0.05, 0.1) is 7.11 Å². The summed E-state index contributed by atoms with van der Waals surface area (Å²) in [5.41, 5.74) is 0. The quantitative estimate of drug-likeness (QED) is 0.173. The van der Waals surface area contributed by atoms with Crippen LogP contribution >= 0.6 is 51.1 Å². The summed E-state index contributed by atoms with van der Waals surface area (Å²) in [5.74, 6) is 6.53. The summed E-state index contributed by atoms with van der Waals surface area (Å²) >= 11 is 10.8. The molecule has 0 radical (unpaired) electrons. The van der Waals surface area contributed by atoms with Crippen LogP contribution in [0.1, 0.15) is 6.42 Å². The van der Waals surface area contributed by atoms with Gasteiger partial charge in [0.25, 0.3) is 5.24 Å². The Kier molecular flexibility index (Phi) is 11.4. The van der Waals surface area contributed by atoms with Gasteiger partial charge >= 0.3 is 5.30 Å². The second-order valence-corrected chi connectivity index (χ2v) is 6.59. The van der Waals surface area contributed by atoms with E-state index in [1.165, 1.54) is 7.11 Å². The van der Waals surface area contributed by atoms with Gasteiger partial charge in [0.2, 0.25) is 0 Å². The molecule has 0 bridgehead atoms. The molecule has 0 saturated heterocycles. The van der Waals surface area contributed by atoms with Gasteiger partial charge in [0, 0.05) is 27.6 Å². The van der Waals surface area contributed by atoms with E-state index in [0.29, 0.717) is 27.4 Å². The predicted molar refractivity (Wildman–Crippen MR) is 90.2 cm³/mol. The molecular weight excluding hydrogens is 388 g/mol. The van der Waals surface area contributed by atoms with Crippen molar-refractivity contribution < 1.29 is 14.3 Å². The van der Waals surface area contributed by atoms with Crippen LogP contribution in [0.4, 0.5) is 9.59 Å². The van der Waals surface area contributed by atoms with Gasteiger partial charge in [-0.25, -0.2) is 10.6 Å². The predicted octanol–water partition coefficient (Wildman–Crippen LogP) is 3.94. The van der Waals surface area contributed by atoms with E-state index < -0.39 is 5.30 Å². The molecule has 0 heterocycles. The zero-order chi connectivity index (χ0) is 15.5. The summed E-state index contributed by atoms with van der Waals surface area (Å²) in [6, 6.07) is 0. The van der Waals surface area contributed by atoms with Crippen molar-refractivity contribution in [1.29, 1.82) is 0 Å². The van der Waals surface area contributed by atoms with Crippen LogP contribution in [-0.2, 0) is 4.74 Å². The van der Waals surface area contributed by atoms with Crippen molar-refractivity contribution in [2.24, 2.45) is 5.84 Å². The fourth-order valence-electron chi connectivity index (χ4n) is 0.997. The molecule has 0 aliphatic carbocycles. The number of allylic oxidation sites excluding steroid dienone is 2. The molecule has 0 saturated carbocycles. The first-order valence-corrected chi connectivity index (χ1v) is 8.61. The number of amides is 1. The Morgan fingerprint density at radius 3 is 2.70 bits per heavy atom. The minimum atomic E-state index is -0.440. The molecule has 9 heteroatoms. The molecule has 0 aromatic rings. The number of nitrogens with zero attached hydrogens (tertiary/aromatic N) is 1. The highest BCUT2D eigenvalue weighted by atomic mass is 79.9. The van der Waals surface area contributed by atoms with E-state index in [1.807, 2.05) is 0 Å². The highest BCUT2D eigenvalue weighted by Crippen LogP contribution is 2.29. The molecule has 0 unspecified atom stereocenters. The summed E-state index contributed by atoms with van der Waals surface area (Å²) < 4.78 is 5.26. The number of halogens is 2. The van der Waals surface area contributed by atoms with Gasteiger partial charge in [-0.3, -0.25) is 9.80 Å². The fourth-order valence-corrected chi connectivity index (χ4v) is 2.84. The molecule has 5 nitrogen and oxygen atoms in total. The molecule has 2 N–H and O–H groups in total. The number of hydrazine groups is 1. The zero-order valence-corrected chi connectivity index (χ0v) is 14.9. The lowest BCUT2D eigenvalue weighted by molar-refractivity contribution is 0.200. The third kappa shape index (κ3) is 8.21. The van der Waals surface area contributed by atoms with Crippen LogP contribution in [0.3, 0.4) is 0 Å². The molecule has 0 spiro atoms. The van der Waals surface area contributed by atoms with Gasteiger partial charge in [-0.15, -0.1) is 11.6 Å². The Morgan fingerprint density at radius 1 is 1.55 bits per heavy atom.